The molecule has 0 aliphatic carbocycles. The summed E-state index contributed by atoms with van der Waals surface area (Å²) in [5, 5.41) is 9.19. The van der Waals surface area contributed by atoms with E-state index in [1.165, 1.54) is 0 Å². The second-order valence-electron chi connectivity index (χ2n) is 2.20. The molecule has 1 aromatic rings. The number of ether oxygens (including phenoxy) is 1. The standard InChI is InChI=1S/C8H11NO2.ClH/c1-11-7-2-3-8(10)6(4-7)5-9;/h2-4,10H,5,9H2,1H3;1H. The van der Waals surface area contributed by atoms with E-state index in [1.807, 2.05) is 0 Å². The molecule has 68 valence electrons. The van der Waals surface area contributed by atoms with Crippen molar-refractivity contribution in [2.24, 2.45) is 5.73 Å². The van der Waals surface area contributed by atoms with Crippen molar-refractivity contribution in [3.8, 4) is 11.5 Å². The molecule has 0 saturated carbocycles. The Kier molecular flexibility index (Phi) is 4.47. The monoisotopic (exact) mass is 189 g/mol. The zero-order valence-corrected chi connectivity index (χ0v) is 7.60. The minimum atomic E-state index is 0. The molecule has 0 aliphatic rings. The molecule has 4 heteroatoms. The zero-order chi connectivity index (χ0) is 8.27. The summed E-state index contributed by atoms with van der Waals surface area (Å²) in [6, 6.07) is 4.98. The van der Waals surface area contributed by atoms with Gasteiger partial charge in [0, 0.05) is 12.1 Å². The van der Waals surface area contributed by atoms with E-state index in [1.54, 1.807) is 25.3 Å². The second-order valence-corrected chi connectivity index (χ2v) is 2.20. The summed E-state index contributed by atoms with van der Waals surface area (Å²) in [6.07, 6.45) is 0. The Morgan fingerprint density at radius 2 is 2.17 bits per heavy atom. The highest BCUT2D eigenvalue weighted by Gasteiger charge is 1.99. The maximum absolute atomic E-state index is 9.19. The summed E-state index contributed by atoms with van der Waals surface area (Å²) in [6.45, 7) is 0.322. The van der Waals surface area contributed by atoms with Crippen molar-refractivity contribution < 1.29 is 9.84 Å². The predicted octanol–water partition coefficient (Wildman–Crippen LogP) is 1.28. The van der Waals surface area contributed by atoms with E-state index >= 15 is 0 Å². The van der Waals surface area contributed by atoms with E-state index in [4.69, 9.17) is 10.5 Å². The largest absolute Gasteiger partial charge is 0.508 e. The highest BCUT2D eigenvalue weighted by Crippen LogP contribution is 2.21. The van der Waals surface area contributed by atoms with Crippen molar-refractivity contribution in [1.29, 1.82) is 0 Å². The van der Waals surface area contributed by atoms with E-state index in [0.29, 0.717) is 17.9 Å². The van der Waals surface area contributed by atoms with E-state index < -0.39 is 0 Å². The number of phenolic OH excluding ortho intramolecular Hbond substituents is 1. The summed E-state index contributed by atoms with van der Waals surface area (Å²) in [5.41, 5.74) is 6.06. The molecule has 0 saturated heterocycles. The van der Waals surface area contributed by atoms with Gasteiger partial charge < -0.3 is 15.6 Å². The third-order valence-corrected chi connectivity index (χ3v) is 1.51. The normalized spacial score (nSPS) is 8.83. The third-order valence-electron chi connectivity index (χ3n) is 1.51. The topological polar surface area (TPSA) is 55.5 Å². The molecule has 0 heterocycles. The van der Waals surface area contributed by atoms with Crippen LogP contribution >= 0.6 is 12.4 Å². The van der Waals surface area contributed by atoms with Crippen molar-refractivity contribution >= 4 is 12.4 Å². The number of nitrogens with two attached hydrogens (primary N) is 1. The fraction of sp³-hybridized carbons (Fsp3) is 0.250. The molecule has 0 amide bonds. The fourth-order valence-electron chi connectivity index (χ4n) is 0.852. The molecular formula is C8H12ClNO2. The lowest BCUT2D eigenvalue weighted by atomic mass is 10.2. The summed E-state index contributed by atoms with van der Waals surface area (Å²) in [5.74, 6) is 0.927. The lowest BCUT2D eigenvalue weighted by Crippen LogP contribution is -1.96. The maximum Gasteiger partial charge on any atom is 0.120 e. The first kappa shape index (κ1) is 11.1. The average Bonchev–Trinajstić information content (AvgIpc) is 2.05. The lowest BCUT2D eigenvalue weighted by molar-refractivity contribution is 0.411. The van der Waals surface area contributed by atoms with Crippen LogP contribution in [-0.2, 0) is 6.54 Å². The van der Waals surface area contributed by atoms with Gasteiger partial charge in [-0.15, -0.1) is 12.4 Å². The Labute approximate surface area is 77.6 Å². The number of phenols is 1. The molecule has 0 spiro atoms. The van der Waals surface area contributed by atoms with Crippen LogP contribution in [-0.4, -0.2) is 12.2 Å². The number of hydrogen-bond donors (Lipinski definition) is 2. The molecule has 1 aromatic carbocycles. The Morgan fingerprint density at radius 1 is 1.50 bits per heavy atom. The van der Waals surface area contributed by atoms with Crippen molar-refractivity contribution in [2.75, 3.05) is 7.11 Å². The van der Waals surface area contributed by atoms with Gasteiger partial charge in [0.25, 0.3) is 0 Å². The van der Waals surface area contributed by atoms with Crippen LogP contribution in [0, 0.1) is 0 Å². The first-order valence-electron chi connectivity index (χ1n) is 3.34. The molecule has 1 rings (SSSR count). The highest BCUT2D eigenvalue weighted by molar-refractivity contribution is 5.85. The SMILES string of the molecule is COc1ccc(O)c(CN)c1.Cl. The molecule has 0 aliphatic heterocycles. The number of methoxy groups -OCH3 is 1. The van der Waals surface area contributed by atoms with E-state index in [2.05, 4.69) is 0 Å². The molecule has 0 radical (unpaired) electrons. The maximum atomic E-state index is 9.19. The quantitative estimate of drug-likeness (QED) is 0.737. The van der Waals surface area contributed by atoms with Crippen LogP contribution < -0.4 is 10.5 Å². The van der Waals surface area contributed by atoms with E-state index in [0.717, 1.165) is 0 Å². The number of rotatable bonds is 2. The molecule has 0 atom stereocenters. The summed E-state index contributed by atoms with van der Waals surface area (Å²) in [7, 11) is 1.58. The van der Waals surface area contributed by atoms with Crippen LogP contribution in [0.4, 0.5) is 0 Å². The Morgan fingerprint density at radius 3 is 2.67 bits per heavy atom. The summed E-state index contributed by atoms with van der Waals surface area (Å²) in [4.78, 5) is 0. The third kappa shape index (κ3) is 2.29. The van der Waals surface area contributed by atoms with Crippen LogP contribution in [0.3, 0.4) is 0 Å². The molecule has 3 nitrogen and oxygen atoms in total. The highest BCUT2D eigenvalue weighted by atomic mass is 35.5. The van der Waals surface area contributed by atoms with Crippen LogP contribution in [0.1, 0.15) is 5.56 Å². The minimum absolute atomic E-state index is 0. The van der Waals surface area contributed by atoms with E-state index in [9.17, 15) is 5.11 Å². The first-order chi connectivity index (χ1) is 5.27. The van der Waals surface area contributed by atoms with Crippen LogP contribution in [0.15, 0.2) is 18.2 Å². The van der Waals surface area contributed by atoms with Gasteiger partial charge >= 0.3 is 0 Å². The van der Waals surface area contributed by atoms with Gasteiger partial charge in [-0.2, -0.15) is 0 Å². The number of benzene rings is 1. The second kappa shape index (κ2) is 4.85. The van der Waals surface area contributed by atoms with Gasteiger partial charge in [-0.3, -0.25) is 0 Å². The van der Waals surface area contributed by atoms with Gasteiger partial charge in [-0.25, -0.2) is 0 Å². The summed E-state index contributed by atoms with van der Waals surface area (Å²) >= 11 is 0. The van der Waals surface area contributed by atoms with Crippen LogP contribution in [0.25, 0.3) is 0 Å². The minimum Gasteiger partial charge on any atom is -0.508 e. The average molecular weight is 190 g/mol. The Balaban J connectivity index is 0.00000121. The van der Waals surface area contributed by atoms with Crippen molar-refractivity contribution in [2.45, 2.75) is 6.54 Å². The molecule has 0 fully saturated rings. The predicted molar refractivity (Wildman–Crippen MR) is 49.8 cm³/mol. The zero-order valence-electron chi connectivity index (χ0n) is 6.78. The van der Waals surface area contributed by atoms with Gasteiger partial charge in [-0.05, 0) is 18.2 Å². The van der Waals surface area contributed by atoms with Gasteiger partial charge in [-0.1, -0.05) is 0 Å². The van der Waals surface area contributed by atoms with Gasteiger partial charge in [0.1, 0.15) is 11.5 Å². The van der Waals surface area contributed by atoms with Crippen LogP contribution in [0.2, 0.25) is 0 Å². The van der Waals surface area contributed by atoms with Gasteiger partial charge in [0.2, 0.25) is 0 Å². The molecule has 12 heavy (non-hydrogen) atoms. The molecule has 0 unspecified atom stereocenters. The Hall–Kier alpha value is -0.930. The van der Waals surface area contributed by atoms with Crippen LogP contribution in [0.5, 0.6) is 11.5 Å². The molecule has 0 bridgehead atoms. The molecule has 3 N–H and O–H groups in total. The van der Waals surface area contributed by atoms with Gasteiger partial charge in [0.15, 0.2) is 0 Å². The van der Waals surface area contributed by atoms with E-state index in [-0.39, 0.29) is 18.2 Å². The van der Waals surface area contributed by atoms with Crippen molar-refractivity contribution in [1.82, 2.24) is 0 Å². The lowest BCUT2D eigenvalue weighted by Gasteiger charge is -2.03. The smallest absolute Gasteiger partial charge is 0.120 e. The Bertz CT molecular complexity index is 253. The van der Waals surface area contributed by atoms with Gasteiger partial charge in [0.05, 0.1) is 7.11 Å². The number of aromatic hydroxyl groups is 1. The first-order valence-corrected chi connectivity index (χ1v) is 3.34. The molecular weight excluding hydrogens is 178 g/mol. The summed E-state index contributed by atoms with van der Waals surface area (Å²) < 4.78 is 4.94. The van der Waals surface area contributed by atoms with Crippen molar-refractivity contribution in [3.05, 3.63) is 23.8 Å². The number of hydrogen-bond acceptors (Lipinski definition) is 3. The fourth-order valence-corrected chi connectivity index (χ4v) is 0.852. The number of halogens is 1. The van der Waals surface area contributed by atoms with Crippen molar-refractivity contribution in [3.63, 3.8) is 0 Å². The molecule has 0 aromatic heterocycles.